The van der Waals surface area contributed by atoms with Gasteiger partial charge in [0.2, 0.25) is 6.20 Å². The van der Waals surface area contributed by atoms with Crippen LogP contribution >= 0.6 is 11.5 Å². The number of hydrogen-bond acceptors (Lipinski definition) is 5. The maximum Gasteiger partial charge on any atom is 0.236 e. The minimum Gasteiger partial charge on any atom is -0.259 e. The smallest absolute Gasteiger partial charge is 0.236 e. The Hall–Kier alpha value is -1.30. The van der Waals surface area contributed by atoms with Crippen LogP contribution in [-0.4, -0.2) is 14.5 Å². The Bertz CT molecular complexity index is 243. The molecule has 0 amide bonds. The standard InChI is InChI=1S/C4H3N3O2S/c8-7(9)2-1-4-3-10-6-5-4/h1-3H/b2-1+. The van der Waals surface area contributed by atoms with E-state index in [9.17, 15) is 10.1 Å². The largest absolute Gasteiger partial charge is 0.259 e. The molecule has 0 aliphatic heterocycles. The molecule has 0 aliphatic carbocycles. The quantitative estimate of drug-likeness (QED) is 0.470. The van der Waals surface area contributed by atoms with Crippen LogP contribution in [-0.2, 0) is 0 Å². The predicted molar refractivity (Wildman–Crippen MR) is 35.9 cm³/mol. The molecule has 6 heteroatoms. The van der Waals surface area contributed by atoms with Gasteiger partial charge in [0, 0.05) is 11.5 Å². The topological polar surface area (TPSA) is 68.9 Å². The number of nitrogens with zero attached hydrogens (tertiary/aromatic N) is 3. The van der Waals surface area contributed by atoms with Crippen LogP contribution in [0.5, 0.6) is 0 Å². The van der Waals surface area contributed by atoms with Crippen LogP contribution in [0.2, 0.25) is 0 Å². The van der Waals surface area contributed by atoms with Crippen LogP contribution in [0.4, 0.5) is 0 Å². The van der Waals surface area contributed by atoms with Crippen molar-refractivity contribution in [3.63, 3.8) is 0 Å². The van der Waals surface area contributed by atoms with Gasteiger partial charge in [-0.05, 0) is 11.5 Å². The van der Waals surface area contributed by atoms with E-state index < -0.39 is 4.92 Å². The van der Waals surface area contributed by atoms with Gasteiger partial charge in [-0.25, -0.2) is 0 Å². The zero-order valence-electron chi connectivity index (χ0n) is 4.80. The highest BCUT2D eigenvalue weighted by atomic mass is 32.1. The van der Waals surface area contributed by atoms with E-state index in [-0.39, 0.29) is 0 Å². The molecular weight excluding hydrogens is 154 g/mol. The van der Waals surface area contributed by atoms with E-state index in [1.165, 1.54) is 6.08 Å². The Morgan fingerprint density at radius 2 is 2.60 bits per heavy atom. The summed E-state index contributed by atoms with van der Waals surface area (Å²) in [6.07, 6.45) is 2.13. The summed E-state index contributed by atoms with van der Waals surface area (Å²) < 4.78 is 3.52. The lowest BCUT2D eigenvalue weighted by Gasteiger charge is -1.75. The van der Waals surface area contributed by atoms with Gasteiger partial charge in [0.1, 0.15) is 5.69 Å². The maximum atomic E-state index is 9.77. The zero-order valence-corrected chi connectivity index (χ0v) is 5.61. The molecular formula is C4H3N3O2S. The Labute approximate surface area is 60.3 Å². The van der Waals surface area contributed by atoms with Crippen LogP contribution in [0.25, 0.3) is 6.08 Å². The average Bonchev–Trinajstić information content (AvgIpc) is 2.34. The summed E-state index contributed by atoms with van der Waals surface area (Å²) in [6, 6.07) is 0. The molecule has 0 bridgehead atoms. The number of hydrogen-bond donors (Lipinski definition) is 0. The number of rotatable bonds is 2. The minimum absolute atomic E-state index is 0.515. The minimum atomic E-state index is -0.542. The lowest BCUT2D eigenvalue weighted by molar-refractivity contribution is -0.401. The lowest BCUT2D eigenvalue weighted by Crippen LogP contribution is -1.82. The summed E-state index contributed by atoms with van der Waals surface area (Å²) in [5.74, 6) is 0. The molecule has 0 saturated heterocycles. The van der Waals surface area contributed by atoms with Gasteiger partial charge in [0.05, 0.1) is 4.92 Å². The Morgan fingerprint density at radius 3 is 3.10 bits per heavy atom. The van der Waals surface area contributed by atoms with Gasteiger partial charge in [0.15, 0.2) is 0 Å². The number of nitro groups is 1. The van der Waals surface area contributed by atoms with Gasteiger partial charge in [-0.1, -0.05) is 4.49 Å². The lowest BCUT2D eigenvalue weighted by atomic mass is 10.5. The Balaban J connectivity index is 2.64. The highest BCUT2D eigenvalue weighted by Crippen LogP contribution is 1.98. The van der Waals surface area contributed by atoms with E-state index in [1.807, 2.05) is 0 Å². The van der Waals surface area contributed by atoms with Crippen LogP contribution in [0.3, 0.4) is 0 Å². The van der Waals surface area contributed by atoms with Crippen molar-refractivity contribution in [2.45, 2.75) is 0 Å². The molecule has 0 fully saturated rings. The molecule has 0 saturated carbocycles. The van der Waals surface area contributed by atoms with Gasteiger partial charge in [0.25, 0.3) is 0 Å². The molecule has 0 aromatic carbocycles. The second kappa shape index (κ2) is 3.02. The Morgan fingerprint density at radius 1 is 1.80 bits per heavy atom. The van der Waals surface area contributed by atoms with E-state index in [2.05, 4.69) is 9.59 Å². The fourth-order valence-electron chi connectivity index (χ4n) is 0.382. The van der Waals surface area contributed by atoms with Crippen LogP contribution in [0.1, 0.15) is 5.69 Å². The SMILES string of the molecule is O=[N+]([O-])/C=C/c1csnn1. The Kier molecular flexibility index (Phi) is 2.06. The first-order valence-corrected chi connectivity index (χ1v) is 3.21. The molecule has 1 aromatic rings. The molecule has 0 atom stereocenters. The summed E-state index contributed by atoms with van der Waals surface area (Å²) in [5.41, 5.74) is 0.515. The van der Waals surface area contributed by atoms with Crippen molar-refractivity contribution >= 4 is 17.6 Å². The fourth-order valence-corrected chi connectivity index (χ4v) is 0.804. The zero-order chi connectivity index (χ0) is 7.40. The van der Waals surface area contributed by atoms with E-state index in [4.69, 9.17) is 0 Å². The van der Waals surface area contributed by atoms with Gasteiger partial charge in [-0.15, -0.1) is 5.10 Å². The normalized spacial score (nSPS) is 10.4. The van der Waals surface area contributed by atoms with Gasteiger partial charge < -0.3 is 0 Å². The first kappa shape index (κ1) is 6.81. The molecule has 5 nitrogen and oxygen atoms in total. The van der Waals surface area contributed by atoms with Crippen molar-refractivity contribution in [3.8, 4) is 0 Å². The second-order valence-electron chi connectivity index (χ2n) is 1.43. The molecule has 0 N–H and O–H groups in total. The van der Waals surface area contributed by atoms with Gasteiger partial charge in [-0.3, -0.25) is 10.1 Å². The maximum absolute atomic E-state index is 9.77. The highest BCUT2D eigenvalue weighted by Gasteiger charge is 1.90. The summed E-state index contributed by atoms with van der Waals surface area (Å²) >= 11 is 1.16. The highest BCUT2D eigenvalue weighted by molar-refractivity contribution is 7.03. The first-order valence-electron chi connectivity index (χ1n) is 2.38. The van der Waals surface area contributed by atoms with Crippen LogP contribution < -0.4 is 0 Å². The van der Waals surface area contributed by atoms with Crippen molar-refractivity contribution in [1.82, 2.24) is 9.59 Å². The predicted octanol–water partition coefficient (Wildman–Crippen LogP) is 0.785. The van der Waals surface area contributed by atoms with Gasteiger partial charge in [-0.2, -0.15) is 0 Å². The summed E-state index contributed by atoms with van der Waals surface area (Å²) in [4.78, 5) is 9.23. The third-order valence-electron chi connectivity index (χ3n) is 0.744. The summed E-state index contributed by atoms with van der Waals surface area (Å²) in [6.45, 7) is 0. The van der Waals surface area contributed by atoms with Crippen molar-refractivity contribution in [1.29, 1.82) is 0 Å². The summed E-state index contributed by atoms with van der Waals surface area (Å²) in [5, 5.41) is 15.0. The van der Waals surface area contributed by atoms with E-state index in [0.717, 1.165) is 17.7 Å². The van der Waals surface area contributed by atoms with Crippen LogP contribution in [0, 0.1) is 10.1 Å². The van der Waals surface area contributed by atoms with E-state index in [1.54, 1.807) is 5.38 Å². The molecule has 0 unspecified atom stereocenters. The molecule has 0 spiro atoms. The van der Waals surface area contributed by atoms with E-state index >= 15 is 0 Å². The van der Waals surface area contributed by atoms with Crippen molar-refractivity contribution in [2.75, 3.05) is 0 Å². The monoisotopic (exact) mass is 157 g/mol. The molecule has 52 valence electrons. The average molecular weight is 157 g/mol. The van der Waals surface area contributed by atoms with Crippen molar-refractivity contribution in [2.24, 2.45) is 0 Å². The van der Waals surface area contributed by atoms with Crippen molar-refractivity contribution in [3.05, 3.63) is 27.4 Å². The van der Waals surface area contributed by atoms with E-state index in [0.29, 0.717) is 5.69 Å². The molecule has 1 aromatic heterocycles. The molecule has 1 heterocycles. The third kappa shape index (κ3) is 1.90. The third-order valence-corrected chi connectivity index (χ3v) is 1.27. The first-order chi connectivity index (χ1) is 4.79. The molecule has 0 radical (unpaired) electrons. The number of aromatic nitrogens is 2. The van der Waals surface area contributed by atoms with Crippen molar-refractivity contribution < 1.29 is 4.92 Å². The molecule has 1 rings (SSSR count). The van der Waals surface area contributed by atoms with Gasteiger partial charge >= 0.3 is 0 Å². The second-order valence-corrected chi connectivity index (χ2v) is 2.04. The molecule has 10 heavy (non-hydrogen) atoms. The molecule has 0 aliphatic rings. The fraction of sp³-hybridized carbons (Fsp3) is 0. The summed E-state index contributed by atoms with van der Waals surface area (Å²) in [7, 11) is 0. The van der Waals surface area contributed by atoms with Crippen LogP contribution in [0.15, 0.2) is 11.6 Å².